The molecular formula is C14H20N2O2. The van der Waals surface area contributed by atoms with Crippen molar-refractivity contribution in [2.75, 3.05) is 19.6 Å². The fraction of sp³-hybridized carbons (Fsp3) is 0.500. The standard InChI is InChI=1S/C14H20N2O2/c17-14(18)16(10-12-5-2-1-3-6-12)11-13-7-4-8-15-9-13/h1-3,5-6,13,15H,4,7-11H2,(H,17,18)/t13-/m0/s1. The molecule has 1 aromatic rings. The molecule has 0 aliphatic carbocycles. The van der Waals surface area contributed by atoms with Crippen molar-refractivity contribution in [3.63, 3.8) is 0 Å². The van der Waals surface area contributed by atoms with E-state index in [9.17, 15) is 9.90 Å². The van der Waals surface area contributed by atoms with E-state index in [-0.39, 0.29) is 0 Å². The first-order valence-corrected chi connectivity index (χ1v) is 6.48. The minimum atomic E-state index is -0.829. The summed E-state index contributed by atoms with van der Waals surface area (Å²) in [4.78, 5) is 12.8. The second kappa shape index (κ2) is 6.40. The quantitative estimate of drug-likeness (QED) is 0.858. The van der Waals surface area contributed by atoms with Gasteiger partial charge in [-0.1, -0.05) is 30.3 Å². The minimum Gasteiger partial charge on any atom is -0.465 e. The molecule has 1 heterocycles. The molecule has 0 aromatic heterocycles. The Hall–Kier alpha value is -1.55. The number of amides is 1. The van der Waals surface area contributed by atoms with E-state index in [1.54, 1.807) is 0 Å². The van der Waals surface area contributed by atoms with Crippen molar-refractivity contribution >= 4 is 6.09 Å². The predicted octanol–water partition coefficient (Wildman–Crippen LogP) is 2.17. The number of hydrogen-bond acceptors (Lipinski definition) is 2. The smallest absolute Gasteiger partial charge is 0.407 e. The number of carboxylic acid groups (broad SMARTS) is 1. The third kappa shape index (κ3) is 3.74. The predicted molar refractivity (Wildman–Crippen MR) is 70.5 cm³/mol. The monoisotopic (exact) mass is 248 g/mol. The molecule has 1 amide bonds. The van der Waals surface area contributed by atoms with Crippen LogP contribution in [-0.4, -0.2) is 35.7 Å². The van der Waals surface area contributed by atoms with Crippen LogP contribution in [0.4, 0.5) is 4.79 Å². The van der Waals surface area contributed by atoms with Crippen molar-refractivity contribution in [3.05, 3.63) is 35.9 Å². The van der Waals surface area contributed by atoms with Crippen LogP contribution in [0.15, 0.2) is 30.3 Å². The molecule has 2 N–H and O–H groups in total. The molecule has 4 heteroatoms. The maximum Gasteiger partial charge on any atom is 0.407 e. The van der Waals surface area contributed by atoms with Gasteiger partial charge in [0, 0.05) is 13.1 Å². The summed E-state index contributed by atoms with van der Waals surface area (Å²) in [5.74, 6) is 0.443. The van der Waals surface area contributed by atoms with Gasteiger partial charge < -0.3 is 15.3 Å². The summed E-state index contributed by atoms with van der Waals surface area (Å²) >= 11 is 0. The number of nitrogens with one attached hydrogen (secondary N) is 1. The number of carbonyl (C=O) groups is 1. The Morgan fingerprint density at radius 1 is 1.39 bits per heavy atom. The van der Waals surface area contributed by atoms with Gasteiger partial charge in [0.1, 0.15) is 0 Å². The van der Waals surface area contributed by atoms with Crippen molar-refractivity contribution in [1.29, 1.82) is 0 Å². The van der Waals surface area contributed by atoms with Crippen LogP contribution in [0.1, 0.15) is 18.4 Å². The van der Waals surface area contributed by atoms with Crippen LogP contribution >= 0.6 is 0 Å². The van der Waals surface area contributed by atoms with E-state index in [4.69, 9.17) is 0 Å². The number of nitrogens with zero attached hydrogens (tertiary/aromatic N) is 1. The number of hydrogen-bond donors (Lipinski definition) is 2. The zero-order valence-electron chi connectivity index (χ0n) is 10.5. The van der Waals surface area contributed by atoms with Crippen LogP contribution < -0.4 is 5.32 Å². The molecule has 1 atom stereocenters. The average Bonchev–Trinajstić information content (AvgIpc) is 2.40. The molecule has 0 spiro atoms. The molecule has 0 unspecified atom stereocenters. The van der Waals surface area contributed by atoms with Gasteiger partial charge in [0.25, 0.3) is 0 Å². The van der Waals surface area contributed by atoms with Crippen molar-refractivity contribution in [2.45, 2.75) is 19.4 Å². The molecule has 1 aliphatic rings. The lowest BCUT2D eigenvalue weighted by molar-refractivity contribution is 0.129. The van der Waals surface area contributed by atoms with Gasteiger partial charge in [-0.3, -0.25) is 0 Å². The van der Waals surface area contributed by atoms with Crippen LogP contribution in [0.5, 0.6) is 0 Å². The molecule has 98 valence electrons. The molecule has 1 fully saturated rings. The first-order valence-electron chi connectivity index (χ1n) is 6.48. The van der Waals surface area contributed by atoms with Crippen LogP contribution in [0.2, 0.25) is 0 Å². The van der Waals surface area contributed by atoms with Gasteiger partial charge in [-0.25, -0.2) is 4.79 Å². The first kappa shape index (κ1) is 12.9. The lowest BCUT2D eigenvalue weighted by Gasteiger charge is -2.28. The Balaban J connectivity index is 1.93. The molecule has 1 aliphatic heterocycles. The number of piperidine rings is 1. The van der Waals surface area contributed by atoms with Gasteiger partial charge in [0.2, 0.25) is 0 Å². The van der Waals surface area contributed by atoms with Crippen LogP contribution in [0.25, 0.3) is 0 Å². The normalized spacial score (nSPS) is 19.4. The van der Waals surface area contributed by atoms with E-state index >= 15 is 0 Å². The van der Waals surface area contributed by atoms with Crippen LogP contribution in [0, 0.1) is 5.92 Å². The van der Waals surface area contributed by atoms with Crippen molar-refractivity contribution in [2.24, 2.45) is 5.92 Å². The molecule has 1 aromatic carbocycles. The lowest BCUT2D eigenvalue weighted by Crippen LogP contribution is -2.40. The lowest BCUT2D eigenvalue weighted by atomic mass is 9.99. The Morgan fingerprint density at radius 3 is 2.78 bits per heavy atom. The SMILES string of the molecule is O=C(O)N(Cc1ccccc1)C[C@H]1CCCNC1. The third-order valence-corrected chi connectivity index (χ3v) is 3.36. The summed E-state index contributed by atoms with van der Waals surface area (Å²) in [7, 11) is 0. The Bertz CT molecular complexity index is 375. The Labute approximate surface area is 108 Å². The highest BCUT2D eigenvalue weighted by Gasteiger charge is 2.20. The van der Waals surface area contributed by atoms with Gasteiger partial charge in [0.15, 0.2) is 0 Å². The molecule has 0 radical (unpaired) electrons. The zero-order chi connectivity index (χ0) is 12.8. The highest BCUT2D eigenvalue weighted by atomic mass is 16.4. The molecule has 2 rings (SSSR count). The summed E-state index contributed by atoms with van der Waals surface area (Å²) < 4.78 is 0. The molecule has 4 nitrogen and oxygen atoms in total. The summed E-state index contributed by atoms with van der Waals surface area (Å²) in [5.41, 5.74) is 1.05. The van der Waals surface area contributed by atoms with E-state index in [1.165, 1.54) is 4.90 Å². The highest BCUT2D eigenvalue weighted by Crippen LogP contribution is 2.14. The summed E-state index contributed by atoms with van der Waals surface area (Å²) in [6, 6.07) is 9.76. The third-order valence-electron chi connectivity index (χ3n) is 3.36. The fourth-order valence-corrected chi connectivity index (χ4v) is 2.41. The topological polar surface area (TPSA) is 52.6 Å². The van der Waals surface area contributed by atoms with Crippen molar-refractivity contribution in [1.82, 2.24) is 10.2 Å². The van der Waals surface area contributed by atoms with E-state index in [0.29, 0.717) is 19.0 Å². The van der Waals surface area contributed by atoms with E-state index in [2.05, 4.69) is 5.32 Å². The van der Waals surface area contributed by atoms with E-state index in [0.717, 1.165) is 31.5 Å². The molecular weight excluding hydrogens is 228 g/mol. The van der Waals surface area contributed by atoms with Crippen molar-refractivity contribution < 1.29 is 9.90 Å². The second-order valence-corrected chi connectivity index (χ2v) is 4.86. The molecule has 18 heavy (non-hydrogen) atoms. The number of rotatable bonds is 4. The van der Waals surface area contributed by atoms with Crippen LogP contribution in [-0.2, 0) is 6.54 Å². The summed E-state index contributed by atoms with van der Waals surface area (Å²) in [6.45, 7) is 3.09. The Kier molecular flexibility index (Phi) is 4.59. The molecule has 1 saturated heterocycles. The van der Waals surface area contributed by atoms with Gasteiger partial charge in [-0.2, -0.15) is 0 Å². The zero-order valence-corrected chi connectivity index (χ0v) is 10.5. The molecule has 0 saturated carbocycles. The first-order chi connectivity index (χ1) is 8.75. The van der Waals surface area contributed by atoms with Gasteiger partial charge in [-0.05, 0) is 37.4 Å². The van der Waals surface area contributed by atoms with Gasteiger partial charge >= 0.3 is 6.09 Å². The van der Waals surface area contributed by atoms with Gasteiger partial charge in [-0.15, -0.1) is 0 Å². The second-order valence-electron chi connectivity index (χ2n) is 4.86. The Morgan fingerprint density at radius 2 is 2.17 bits per heavy atom. The van der Waals surface area contributed by atoms with Crippen molar-refractivity contribution in [3.8, 4) is 0 Å². The minimum absolute atomic E-state index is 0.443. The molecule has 0 bridgehead atoms. The maximum atomic E-state index is 11.3. The van der Waals surface area contributed by atoms with Gasteiger partial charge in [0.05, 0.1) is 0 Å². The summed E-state index contributed by atoms with van der Waals surface area (Å²) in [5, 5.41) is 12.6. The highest BCUT2D eigenvalue weighted by molar-refractivity contribution is 5.65. The number of benzene rings is 1. The maximum absolute atomic E-state index is 11.3. The average molecular weight is 248 g/mol. The van der Waals surface area contributed by atoms with Crippen LogP contribution in [0.3, 0.4) is 0 Å². The van der Waals surface area contributed by atoms with E-state index in [1.807, 2.05) is 30.3 Å². The van der Waals surface area contributed by atoms with E-state index < -0.39 is 6.09 Å². The fourth-order valence-electron chi connectivity index (χ4n) is 2.41. The summed E-state index contributed by atoms with van der Waals surface area (Å²) in [6.07, 6.45) is 1.43. The largest absolute Gasteiger partial charge is 0.465 e.